The molecule has 2 fully saturated rings. The first-order valence-corrected chi connectivity index (χ1v) is 7.70. The van der Waals surface area contributed by atoms with Crippen LogP contribution in [0.5, 0.6) is 0 Å². The molecule has 0 radical (unpaired) electrons. The highest BCUT2D eigenvalue weighted by molar-refractivity contribution is 5.42. The molecule has 114 valence electrons. The molecule has 0 saturated carbocycles. The van der Waals surface area contributed by atoms with E-state index in [2.05, 4.69) is 24.3 Å². The third-order valence-electron chi connectivity index (χ3n) is 4.88. The van der Waals surface area contributed by atoms with E-state index in [9.17, 15) is 5.11 Å². The summed E-state index contributed by atoms with van der Waals surface area (Å²) in [4.78, 5) is 0. The van der Waals surface area contributed by atoms with Crippen molar-refractivity contribution in [3.8, 4) is 0 Å². The van der Waals surface area contributed by atoms with Gasteiger partial charge in [-0.05, 0) is 25.0 Å². The molecule has 3 nitrogen and oxygen atoms in total. The molecule has 0 aromatic heterocycles. The summed E-state index contributed by atoms with van der Waals surface area (Å²) < 4.78 is 12.5. The molecule has 0 unspecified atom stereocenters. The molecule has 4 rings (SSSR count). The Morgan fingerprint density at radius 3 is 1.77 bits per heavy atom. The highest BCUT2D eigenvalue weighted by Crippen LogP contribution is 2.55. The van der Waals surface area contributed by atoms with Crippen molar-refractivity contribution in [2.75, 3.05) is 0 Å². The van der Waals surface area contributed by atoms with Gasteiger partial charge in [-0.1, -0.05) is 60.7 Å². The third-order valence-corrected chi connectivity index (χ3v) is 4.88. The summed E-state index contributed by atoms with van der Waals surface area (Å²) in [7, 11) is 0. The number of aliphatic hydroxyl groups is 1. The minimum absolute atomic E-state index is 0.178. The third kappa shape index (κ3) is 1.73. The maximum atomic E-state index is 10.4. The Balaban J connectivity index is 1.84. The number of aliphatic hydroxyl groups excluding tert-OH is 1. The van der Waals surface area contributed by atoms with Gasteiger partial charge in [-0.15, -0.1) is 0 Å². The van der Waals surface area contributed by atoms with Crippen LogP contribution in [0.25, 0.3) is 0 Å². The van der Waals surface area contributed by atoms with Crippen molar-refractivity contribution in [3.05, 3.63) is 71.8 Å². The second-order valence-corrected chi connectivity index (χ2v) is 6.64. The van der Waals surface area contributed by atoms with Crippen molar-refractivity contribution in [2.24, 2.45) is 0 Å². The first kappa shape index (κ1) is 13.9. The fourth-order valence-corrected chi connectivity index (χ4v) is 3.68. The van der Waals surface area contributed by atoms with Gasteiger partial charge in [0.25, 0.3) is 0 Å². The van der Waals surface area contributed by atoms with Crippen LogP contribution in [0.15, 0.2) is 60.7 Å². The molecule has 3 heteroatoms. The van der Waals surface area contributed by atoms with Crippen molar-refractivity contribution >= 4 is 0 Å². The molecule has 0 amide bonds. The smallest absolute Gasteiger partial charge is 0.147 e. The topological polar surface area (TPSA) is 38.7 Å². The largest absolute Gasteiger partial charge is 0.387 e. The van der Waals surface area contributed by atoms with Crippen molar-refractivity contribution < 1.29 is 14.6 Å². The van der Waals surface area contributed by atoms with Crippen molar-refractivity contribution in [2.45, 2.75) is 43.4 Å². The molecule has 2 heterocycles. The van der Waals surface area contributed by atoms with Gasteiger partial charge < -0.3 is 14.6 Å². The number of benzene rings is 2. The normalized spacial score (nSPS) is 31.3. The summed E-state index contributed by atoms with van der Waals surface area (Å²) in [5, 5.41) is 10.4. The van der Waals surface area contributed by atoms with E-state index in [1.807, 2.05) is 50.2 Å². The van der Waals surface area contributed by atoms with Gasteiger partial charge in [0.1, 0.15) is 23.9 Å². The van der Waals surface area contributed by atoms with Gasteiger partial charge in [0.05, 0.1) is 5.60 Å². The van der Waals surface area contributed by atoms with Gasteiger partial charge in [-0.3, -0.25) is 0 Å². The van der Waals surface area contributed by atoms with Crippen LogP contribution in [-0.4, -0.2) is 29.0 Å². The van der Waals surface area contributed by atoms with Crippen LogP contribution in [0.2, 0.25) is 0 Å². The summed E-state index contributed by atoms with van der Waals surface area (Å²) >= 11 is 0. The maximum absolute atomic E-state index is 10.4. The summed E-state index contributed by atoms with van der Waals surface area (Å²) in [6, 6.07) is 20.3. The first-order chi connectivity index (χ1) is 10.6. The molecule has 2 saturated heterocycles. The van der Waals surface area contributed by atoms with Gasteiger partial charge in [0, 0.05) is 0 Å². The molecule has 2 aromatic rings. The molecule has 2 aliphatic heterocycles. The average Bonchev–Trinajstić information content (AvgIpc) is 2.71. The Morgan fingerprint density at radius 2 is 1.32 bits per heavy atom. The SMILES string of the molecule is CC1(C)O[C@@H]2[C@@H](OC2(c2ccccc2)c2ccccc2)[C@H]1O. The van der Waals surface area contributed by atoms with E-state index in [0.29, 0.717) is 0 Å². The highest BCUT2D eigenvalue weighted by atomic mass is 16.7. The standard InChI is InChI=1S/C19H20O3/c1-18(2)16(20)15-17(22-18)19(21-15,13-9-5-3-6-10-13)14-11-7-4-8-12-14/h3-12,15-17,20H,1-2H3/t15-,16+,17+/m0/s1. The van der Waals surface area contributed by atoms with E-state index < -0.39 is 17.3 Å². The first-order valence-electron chi connectivity index (χ1n) is 7.70. The Hall–Kier alpha value is -1.68. The van der Waals surface area contributed by atoms with Gasteiger partial charge in [-0.2, -0.15) is 0 Å². The quantitative estimate of drug-likeness (QED) is 0.926. The molecule has 3 atom stereocenters. The second kappa shape index (κ2) is 4.66. The second-order valence-electron chi connectivity index (χ2n) is 6.64. The van der Waals surface area contributed by atoms with E-state index in [1.54, 1.807) is 0 Å². The van der Waals surface area contributed by atoms with E-state index in [0.717, 1.165) is 11.1 Å². The lowest BCUT2D eigenvalue weighted by atomic mass is 9.74. The molecule has 0 bridgehead atoms. The molecule has 1 N–H and O–H groups in total. The predicted octanol–water partition coefficient (Wildman–Crippen LogP) is 2.87. The number of ether oxygens (including phenoxy) is 2. The monoisotopic (exact) mass is 296 g/mol. The molecule has 0 aliphatic carbocycles. The fraction of sp³-hybridized carbons (Fsp3) is 0.368. The van der Waals surface area contributed by atoms with Crippen LogP contribution in [0.3, 0.4) is 0 Å². The molecular weight excluding hydrogens is 276 g/mol. The predicted molar refractivity (Wildman–Crippen MR) is 83.5 cm³/mol. The van der Waals surface area contributed by atoms with E-state index >= 15 is 0 Å². The van der Waals surface area contributed by atoms with Gasteiger partial charge in [-0.25, -0.2) is 0 Å². The molecule has 2 aliphatic rings. The number of hydrogen-bond acceptors (Lipinski definition) is 3. The molecule has 0 spiro atoms. The summed E-state index contributed by atoms with van der Waals surface area (Å²) in [5.41, 5.74) is 0.891. The maximum Gasteiger partial charge on any atom is 0.147 e. The fourth-order valence-electron chi connectivity index (χ4n) is 3.68. The minimum atomic E-state index is -0.637. The Kier molecular flexibility index (Phi) is 2.95. The zero-order valence-corrected chi connectivity index (χ0v) is 12.8. The lowest BCUT2D eigenvalue weighted by molar-refractivity contribution is -0.270. The Morgan fingerprint density at radius 1 is 0.818 bits per heavy atom. The van der Waals surface area contributed by atoms with Gasteiger partial charge >= 0.3 is 0 Å². The number of hydrogen-bond donors (Lipinski definition) is 1. The summed E-state index contributed by atoms with van der Waals surface area (Å²) in [5.74, 6) is 0. The van der Waals surface area contributed by atoms with Crippen molar-refractivity contribution in [3.63, 3.8) is 0 Å². The Labute approximate surface area is 130 Å². The van der Waals surface area contributed by atoms with Gasteiger partial charge in [0.15, 0.2) is 0 Å². The lowest BCUT2D eigenvalue weighted by Crippen LogP contribution is -2.63. The number of rotatable bonds is 2. The zero-order valence-electron chi connectivity index (χ0n) is 12.8. The molecule has 2 aromatic carbocycles. The van der Waals surface area contributed by atoms with Crippen LogP contribution in [0.1, 0.15) is 25.0 Å². The van der Waals surface area contributed by atoms with E-state index in [-0.39, 0.29) is 12.2 Å². The zero-order chi connectivity index (χ0) is 15.4. The molecular formula is C19H20O3. The lowest BCUT2D eigenvalue weighted by Gasteiger charge is -2.52. The van der Waals surface area contributed by atoms with Crippen LogP contribution in [0, 0.1) is 0 Å². The van der Waals surface area contributed by atoms with Crippen LogP contribution in [-0.2, 0) is 15.1 Å². The highest BCUT2D eigenvalue weighted by Gasteiger charge is 2.68. The van der Waals surface area contributed by atoms with E-state index in [1.165, 1.54) is 0 Å². The van der Waals surface area contributed by atoms with Crippen molar-refractivity contribution in [1.29, 1.82) is 0 Å². The van der Waals surface area contributed by atoms with E-state index in [4.69, 9.17) is 9.47 Å². The summed E-state index contributed by atoms with van der Waals surface area (Å²) in [6.45, 7) is 3.83. The summed E-state index contributed by atoms with van der Waals surface area (Å²) in [6.07, 6.45) is -1.07. The van der Waals surface area contributed by atoms with Crippen LogP contribution < -0.4 is 0 Å². The van der Waals surface area contributed by atoms with Crippen molar-refractivity contribution in [1.82, 2.24) is 0 Å². The van der Waals surface area contributed by atoms with Crippen LogP contribution >= 0.6 is 0 Å². The van der Waals surface area contributed by atoms with Crippen LogP contribution in [0.4, 0.5) is 0 Å². The molecule has 22 heavy (non-hydrogen) atoms. The average molecular weight is 296 g/mol. The minimum Gasteiger partial charge on any atom is -0.387 e. The number of fused-ring (bicyclic) bond motifs is 1. The Bertz CT molecular complexity index is 626. The van der Waals surface area contributed by atoms with Gasteiger partial charge in [0.2, 0.25) is 0 Å².